The lowest BCUT2D eigenvalue weighted by Crippen LogP contribution is -2.34. The highest BCUT2D eigenvalue weighted by Crippen LogP contribution is 2.29. The van der Waals surface area contributed by atoms with Crippen molar-refractivity contribution in [3.63, 3.8) is 0 Å². The zero-order valence-electron chi connectivity index (χ0n) is 12.8. The molecule has 0 saturated carbocycles. The monoisotopic (exact) mass is 310 g/mol. The van der Waals surface area contributed by atoms with Crippen molar-refractivity contribution in [3.8, 4) is 0 Å². The Balaban J connectivity index is 2.10. The molecule has 6 nitrogen and oxygen atoms in total. The number of para-hydroxylation sites is 1. The number of urea groups is 1. The fraction of sp³-hybridized carbons (Fsp3) is 0.176. The summed E-state index contributed by atoms with van der Waals surface area (Å²) >= 11 is 0. The van der Waals surface area contributed by atoms with Crippen LogP contribution in [0.4, 0.5) is 4.79 Å². The molecule has 0 fully saturated rings. The highest BCUT2D eigenvalue weighted by Gasteiger charge is 2.18. The third kappa shape index (κ3) is 2.89. The normalized spacial score (nSPS) is 12.3. The van der Waals surface area contributed by atoms with Crippen LogP contribution in [0.1, 0.15) is 24.1 Å². The van der Waals surface area contributed by atoms with E-state index in [9.17, 15) is 10.0 Å². The van der Waals surface area contributed by atoms with E-state index in [4.69, 9.17) is 5.73 Å². The molecule has 2 amide bonds. The third-order valence-corrected chi connectivity index (χ3v) is 4.00. The number of hydrogen-bond acceptors (Lipinski definition) is 3. The predicted molar refractivity (Wildman–Crippen MR) is 86.9 cm³/mol. The minimum Gasteiger partial charge on any atom is -0.350 e. The molecule has 0 spiro atoms. The van der Waals surface area contributed by atoms with Gasteiger partial charge in [0.05, 0.1) is 0 Å². The number of rotatable bonds is 4. The first-order valence-corrected chi connectivity index (χ1v) is 7.32. The smallest absolute Gasteiger partial charge is 0.340 e. The van der Waals surface area contributed by atoms with Crippen molar-refractivity contribution < 1.29 is 10.0 Å². The van der Waals surface area contributed by atoms with Crippen LogP contribution in [0, 0.1) is 0 Å². The highest BCUT2D eigenvalue weighted by molar-refractivity contribution is 5.82. The molecule has 1 aromatic carbocycles. The predicted octanol–water partition coefficient (Wildman–Crippen LogP) is 2.92. The van der Waals surface area contributed by atoms with Crippen LogP contribution in [0.15, 0.2) is 54.9 Å². The second kappa shape index (κ2) is 6.10. The molecule has 0 aliphatic rings. The Hall–Kier alpha value is -2.86. The minimum atomic E-state index is -0.886. The van der Waals surface area contributed by atoms with Crippen LogP contribution in [0.25, 0.3) is 10.9 Å². The van der Waals surface area contributed by atoms with Gasteiger partial charge in [0.15, 0.2) is 0 Å². The van der Waals surface area contributed by atoms with Gasteiger partial charge in [-0.15, -0.1) is 0 Å². The molecule has 0 saturated heterocycles. The Morgan fingerprint density at radius 2 is 2.13 bits per heavy atom. The molecule has 2 aromatic heterocycles. The number of primary amides is 1. The molecule has 1 unspecified atom stereocenters. The summed E-state index contributed by atoms with van der Waals surface area (Å²) in [7, 11) is 0. The summed E-state index contributed by atoms with van der Waals surface area (Å²) in [4.78, 5) is 15.3. The summed E-state index contributed by atoms with van der Waals surface area (Å²) in [6.07, 6.45) is 3.55. The first-order valence-electron chi connectivity index (χ1n) is 7.32. The maximum Gasteiger partial charge on any atom is 0.340 e. The second-order valence-electron chi connectivity index (χ2n) is 5.44. The number of hydrogen-bond donors (Lipinski definition) is 2. The summed E-state index contributed by atoms with van der Waals surface area (Å²) in [6, 6.07) is 12.9. The summed E-state index contributed by atoms with van der Waals surface area (Å²) in [5.74, 6) is 0.0531. The van der Waals surface area contributed by atoms with E-state index >= 15 is 0 Å². The molecule has 0 bridgehead atoms. The van der Waals surface area contributed by atoms with Gasteiger partial charge in [0, 0.05) is 29.5 Å². The number of amides is 2. The summed E-state index contributed by atoms with van der Waals surface area (Å²) in [5, 5.41) is 11.3. The lowest BCUT2D eigenvalue weighted by molar-refractivity contribution is -0.0640. The zero-order valence-corrected chi connectivity index (χ0v) is 12.8. The van der Waals surface area contributed by atoms with Crippen molar-refractivity contribution in [2.45, 2.75) is 19.5 Å². The lowest BCUT2D eigenvalue weighted by atomic mass is 9.99. The van der Waals surface area contributed by atoms with Gasteiger partial charge in [-0.25, -0.2) is 4.79 Å². The molecule has 118 valence electrons. The van der Waals surface area contributed by atoms with Crippen LogP contribution in [-0.4, -0.2) is 25.9 Å². The third-order valence-electron chi connectivity index (χ3n) is 4.00. The molecular formula is C17H18N4O2. The van der Waals surface area contributed by atoms with Gasteiger partial charge in [0.1, 0.15) is 6.67 Å². The molecule has 1 atom stereocenters. The van der Waals surface area contributed by atoms with Gasteiger partial charge >= 0.3 is 6.03 Å². The average Bonchev–Trinajstić information content (AvgIpc) is 2.93. The largest absolute Gasteiger partial charge is 0.350 e. The van der Waals surface area contributed by atoms with Gasteiger partial charge in [0.2, 0.25) is 0 Å². The van der Waals surface area contributed by atoms with Crippen LogP contribution in [0.5, 0.6) is 0 Å². The van der Waals surface area contributed by atoms with E-state index in [0.717, 1.165) is 22.2 Å². The second-order valence-corrected chi connectivity index (χ2v) is 5.44. The number of nitrogens with zero attached hydrogens (tertiary/aromatic N) is 3. The Morgan fingerprint density at radius 1 is 1.35 bits per heavy atom. The maximum atomic E-state index is 11.2. The lowest BCUT2D eigenvalue weighted by Gasteiger charge is -2.20. The van der Waals surface area contributed by atoms with E-state index < -0.39 is 6.03 Å². The van der Waals surface area contributed by atoms with E-state index in [0.29, 0.717) is 5.06 Å². The van der Waals surface area contributed by atoms with Gasteiger partial charge in [-0.05, 0) is 29.1 Å². The first-order chi connectivity index (χ1) is 11.1. The number of pyridine rings is 1. The number of benzene rings is 1. The standard InChI is InChI=1S/C17H18N4O2/c1-12(14-6-4-8-19-10-14)16-9-13-5-2-3-7-15(13)20(16)11-21(23)17(18)22/h2-10,12,23H,11H2,1H3,(H2,18,22). The van der Waals surface area contributed by atoms with Crippen molar-refractivity contribution in [1.82, 2.24) is 14.6 Å². The van der Waals surface area contributed by atoms with E-state index in [1.54, 1.807) is 6.20 Å². The summed E-state index contributed by atoms with van der Waals surface area (Å²) in [5.41, 5.74) is 8.10. The van der Waals surface area contributed by atoms with Crippen LogP contribution in [-0.2, 0) is 6.67 Å². The first kappa shape index (κ1) is 15.1. The van der Waals surface area contributed by atoms with Gasteiger partial charge in [0.25, 0.3) is 0 Å². The SMILES string of the molecule is CC(c1cccnc1)c1cc2ccccc2n1CN(O)C(N)=O. The molecular weight excluding hydrogens is 292 g/mol. The van der Waals surface area contributed by atoms with E-state index in [2.05, 4.69) is 18.0 Å². The quantitative estimate of drug-likeness (QED) is 0.574. The van der Waals surface area contributed by atoms with Gasteiger partial charge in [-0.1, -0.05) is 31.2 Å². The molecule has 0 radical (unpaired) electrons. The van der Waals surface area contributed by atoms with Crippen LogP contribution in [0.2, 0.25) is 0 Å². The molecule has 3 aromatic rings. The molecule has 3 N–H and O–H groups in total. The van der Waals surface area contributed by atoms with Crippen molar-refractivity contribution in [2.24, 2.45) is 5.73 Å². The van der Waals surface area contributed by atoms with Crippen LogP contribution in [0.3, 0.4) is 0 Å². The van der Waals surface area contributed by atoms with Crippen molar-refractivity contribution >= 4 is 16.9 Å². The van der Waals surface area contributed by atoms with Crippen molar-refractivity contribution in [2.75, 3.05) is 0 Å². The summed E-state index contributed by atoms with van der Waals surface area (Å²) in [6.45, 7) is 2.04. The number of hydroxylamine groups is 2. The van der Waals surface area contributed by atoms with Crippen LogP contribution < -0.4 is 5.73 Å². The minimum absolute atomic E-state index is 0.0250. The van der Waals surface area contributed by atoms with E-state index in [1.165, 1.54) is 0 Å². The van der Waals surface area contributed by atoms with Gasteiger partial charge in [-0.2, -0.15) is 5.06 Å². The number of nitrogens with two attached hydrogens (primary N) is 1. The fourth-order valence-corrected chi connectivity index (χ4v) is 2.75. The Morgan fingerprint density at radius 3 is 2.83 bits per heavy atom. The number of fused-ring (bicyclic) bond motifs is 1. The van der Waals surface area contributed by atoms with Gasteiger partial charge in [-0.3, -0.25) is 10.2 Å². The molecule has 0 aliphatic heterocycles. The molecule has 23 heavy (non-hydrogen) atoms. The van der Waals surface area contributed by atoms with Crippen LogP contribution >= 0.6 is 0 Å². The maximum absolute atomic E-state index is 11.2. The number of carbonyl (C=O) groups is 1. The molecule has 6 heteroatoms. The molecule has 2 heterocycles. The van der Waals surface area contributed by atoms with Gasteiger partial charge < -0.3 is 10.3 Å². The summed E-state index contributed by atoms with van der Waals surface area (Å²) < 4.78 is 1.89. The zero-order chi connectivity index (χ0) is 16.4. The molecule has 3 rings (SSSR count). The highest BCUT2D eigenvalue weighted by atomic mass is 16.5. The number of aromatic nitrogens is 2. The Labute approximate surface area is 133 Å². The number of carbonyl (C=O) groups excluding carboxylic acids is 1. The van der Waals surface area contributed by atoms with E-state index in [1.807, 2.05) is 47.2 Å². The van der Waals surface area contributed by atoms with E-state index in [-0.39, 0.29) is 12.6 Å². The topological polar surface area (TPSA) is 84.4 Å². The fourth-order valence-electron chi connectivity index (χ4n) is 2.75. The van der Waals surface area contributed by atoms with Crippen molar-refractivity contribution in [3.05, 3.63) is 66.1 Å². The Kier molecular flexibility index (Phi) is 3.99. The molecule has 0 aliphatic carbocycles. The van der Waals surface area contributed by atoms with Crippen molar-refractivity contribution in [1.29, 1.82) is 0 Å². The Bertz CT molecular complexity index is 829. The average molecular weight is 310 g/mol.